The molecule has 0 aromatic carbocycles. The average molecular weight is 291 g/mol. The molecule has 7 nitrogen and oxygen atoms in total. The predicted octanol–water partition coefficient (Wildman–Crippen LogP) is 1.46. The molecular formula is C9H13N3O4S2. The Morgan fingerprint density at radius 2 is 2.17 bits per heavy atom. The minimum Gasteiger partial charge on any atom is -0.385 e. The minimum atomic E-state index is -3.73. The Labute approximate surface area is 108 Å². The van der Waals surface area contributed by atoms with Gasteiger partial charge in [0.1, 0.15) is 4.21 Å². The Balaban J connectivity index is 2.30. The summed E-state index contributed by atoms with van der Waals surface area (Å²) >= 11 is 0.711. The second-order valence-corrected chi connectivity index (χ2v) is 7.58. The van der Waals surface area contributed by atoms with E-state index in [1.165, 1.54) is 0 Å². The van der Waals surface area contributed by atoms with E-state index in [4.69, 9.17) is 5.73 Å². The number of sulfonamides is 1. The topological polar surface area (TPSA) is 115 Å². The normalized spacial score (nSPS) is 18.3. The molecule has 9 heteroatoms. The Bertz CT molecular complexity index is 589. The smallest absolute Gasteiger partial charge is 0.304 e. The molecule has 0 saturated heterocycles. The molecule has 1 aromatic rings. The van der Waals surface area contributed by atoms with Gasteiger partial charge in [-0.25, -0.2) is 13.1 Å². The second-order valence-electron chi connectivity index (χ2n) is 4.59. The van der Waals surface area contributed by atoms with Crippen molar-refractivity contribution in [2.45, 2.75) is 35.9 Å². The number of hydrogen-bond donors (Lipinski definition) is 2. The molecule has 0 spiro atoms. The van der Waals surface area contributed by atoms with Gasteiger partial charge in [-0.3, -0.25) is 10.1 Å². The third-order valence-corrected chi connectivity index (χ3v) is 6.08. The number of nitrogen functional groups attached to an aromatic ring is 1. The highest BCUT2D eigenvalue weighted by atomic mass is 32.2. The number of nitrogens with zero attached hydrogens (tertiary/aromatic N) is 1. The lowest BCUT2D eigenvalue weighted by molar-refractivity contribution is -0.383. The van der Waals surface area contributed by atoms with Crippen molar-refractivity contribution in [1.29, 1.82) is 0 Å². The highest BCUT2D eigenvalue weighted by Gasteiger charge is 2.37. The molecule has 18 heavy (non-hydrogen) atoms. The minimum absolute atomic E-state index is 0.0980. The van der Waals surface area contributed by atoms with E-state index in [-0.39, 0.29) is 14.9 Å². The molecule has 1 heterocycles. The molecule has 0 aliphatic heterocycles. The quantitative estimate of drug-likeness (QED) is 0.643. The third kappa shape index (κ3) is 2.33. The summed E-state index contributed by atoms with van der Waals surface area (Å²) < 4.78 is 26.6. The molecule has 2 rings (SSSR count). The van der Waals surface area contributed by atoms with Crippen molar-refractivity contribution in [3.05, 3.63) is 16.2 Å². The number of nitrogens with one attached hydrogen (secondary N) is 1. The van der Waals surface area contributed by atoms with Crippen molar-refractivity contribution >= 4 is 32.0 Å². The average Bonchev–Trinajstić information content (AvgIpc) is 2.58. The van der Waals surface area contributed by atoms with E-state index in [0.717, 1.165) is 25.3 Å². The number of hydrogen-bond acceptors (Lipinski definition) is 6. The largest absolute Gasteiger partial charge is 0.385 e. The maximum atomic E-state index is 12.0. The van der Waals surface area contributed by atoms with Crippen LogP contribution in [0.25, 0.3) is 0 Å². The van der Waals surface area contributed by atoms with E-state index < -0.39 is 20.5 Å². The van der Waals surface area contributed by atoms with Crippen LogP contribution < -0.4 is 10.5 Å². The zero-order chi connectivity index (χ0) is 13.6. The molecule has 3 N–H and O–H groups in total. The van der Waals surface area contributed by atoms with Crippen LogP contribution in [0.15, 0.2) is 10.3 Å². The third-order valence-electron chi connectivity index (χ3n) is 3.02. The summed E-state index contributed by atoms with van der Waals surface area (Å²) in [6.45, 7) is 1.82. The molecule has 100 valence electrons. The number of rotatable bonds is 4. The van der Waals surface area contributed by atoms with Crippen molar-refractivity contribution in [1.82, 2.24) is 4.72 Å². The summed E-state index contributed by atoms with van der Waals surface area (Å²) in [4.78, 5) is 9.95. The van der Waals surface area contributed by atoms with E-state index in [0.29, 0.717) is 11.3 Å². The first kappa shape index (κ1) is 13.2. The van der Waals surface area contributed by atoms with Crippen LogP contribution in [0.5, 0.6) is 0 Å². The molecular weight excluding hydrogens is 278 g/mol. The summed E-state index contributed by atoms with van der Waals surface area (Å²) in [7, 11) is -3.73. The maximum absolute atomic E-state index is 12.0. The Morgan fingerprint density at radius 1 is 1.56 bits per heavy atom. The van der Waals surface area contributed by atoms with Crippen molar-refractivity contribution < 1.29 is 13.3 Å². The van der Waals surface area contributed by atoms with Gasteiger partial charge >= 0.3 is 5.69 Å². The summed E-state index contributed by atoms with van der Waals surface area (Å²) in [5, 5.41) is 10.5. The van der Waals surface area contributed by atoms with Gasteiger partial charge in [0.05, 0.1) is 4.92 Å². The molecule has 0 atom stereocenters. The Hall–Kier alpha value is -1.19. The van der Waals surface area contributed by atoms with Gasteiger partial charge in [-0.1, -0.05) is 11.3 Å². The van der Waals surface area contributed by atoms with Crippen LogP contribution in [0.4, 0.5) is 10.7 Å². The molecule has 0 unspecified atom stereocenters. The summed E-state index contributed by atoms with van der Waals surface area (Å²) in [6, 6.07) is 1.00. The van der Waals surface area contributed by atoms with Crippen LogP contribution in [-0.2, 0) is 10.0 Å². The lowest BCUT2D eigenvalue weighted by atomic mass is 9.80. The van der Waals surface area contributed by atoms with Crippen LogP contribution in [0.2, 0.25) is 0 Å². The molecule has 1 aliphatic rings. The van der Waals surface area contributed by atoms with E-state index in [1.54, 1.807) is 0 Å². The van der Waals surface area contributed by atoms with Crippen LogP contribution in [-0.4, -0.2) is 18.9 Å². The van der Waals surface area contributed by atoms with Gasteiger partial charge in [-0.05, 0) is 26.2 Å². The van der Waals surface area contributed by atoms with Crippen molar-refractivity contribution in [2.24, 2.45) is 0 Å². The lowest BCUT2D eigenvalue weighted by Crippen LogP contribution is -2.50. The van der Waals surface area contributed by atoms with E-state index >= 15 is 0 Å². The van der Waals surface area contributed by atoms with Gasteiger partial charge in [0, 0.05) is 11.6 Å². The van der Waals surface area contributed by atoms with Crippen molar-refractivity contribution in [3.63, 3.8) is 0 Å². The van der Waals surface area contributed by atoms with E-state index in [9.17, 15) is 18.5 Å². The van der Waals surface area contributed by atoms with Gasteiger partial charge in [-0.15, -0.1) is 0 Å². The van der Waals surface area contributed by atoms with Gasteiger partial charge < -0.3 is 5.73 Å². The first-order valence-electron chi connectivity index (χ1n) is 5.31. The van der Waals surface area contributed by atoms with Crippen LogP contribution in [0.3, 0.4) is 0 Å². The zero-order valence-corrected chi connectivity index (χ0v) is 11.3. The molecule has 1 aromatic heterocycles. The standard InChI is InChI=1S/C9H13N3O4S2/c1-9(3-2-4-9)11-18(15,16)7-5-6(12(13)14)8(10)17-7/h5,11H,2-4,10H2,1H3. The molecule has 0 radical (unpaired) electrons. The van der Waals surface area contributed by atoms with Crippen molar-refractivity contribution in [3.8, 4) is 0 Å². The number of nitrogens with two attached hydrogens (primary N) is 1. The number of thiophene rings is 1. The first-order valence-corrected chi connectivity index (χ1v) is 7.61. The number of nitro groups is 1. The first-order chi connectivity index (χ1) is 8.23. The highest BCUT2D eigenvalue weighted by molar-refractivity contribution is 7.91. The van der Waals surface area contributed by atoms with E-state index in [1.807, 2.05) is 6.92 Å². The fourth-order valence-electron chi connectivity index (χ4n) is 1.83. The molecule has 1 saturated carbocycles. The molecule has 1 fully saturated rings. The predicted molar refractivity (Wildman–Crippen MR) is 68.0 cm³/mol. The maximum Gasteiger partial charge on any atom is 0.304 e. The summed E-state index contributed by atoms with van der Waals surface area (Å²) in [5.41, 5.74) is 4.63. The van der Waals surface area contributed by atoms with Crippen LogP contribution in [0, 0.1) is 10.1 Å². The van der Waals surface area contributed by atoms with Crippen LogP contribution in [0.1, 0.15) is 26.2 Å². The highest BCUT2D eigenvalue weighted by Crippen LogP contribution is 2.37. The number of anilines is 1. The lowest BCUT2D eigenvalue weighted by Gasteiger charge is -2.38. The van der Waals surface area contributed by atoms with Gasteiger partial charge in [0.2, 0.25) is 0 Å². The van der Waals surface area contributed by atoms with E-state index in [2.05, 4.69) is 4.72 Å². The molecule has 1 aliphatic carbocycles. The summed E-state index contributed by atoms with van der Waals surface area (Å²) in [6.07, 6.45) is 2.52. The summed E-state index contributed by atoms with van der Waals surface area (Å²) in [5.74, 6) is 0. The van der Waals surface area contributed by atoms with Crippen molar-refractivity contribution in [2.75, 3.05) is 5.73 Å². The Kier molecular flexibility index (Phi) is 3.07. The second kappa shape index (κ2) is 4.18. The Morgan fingerprint density at radius 3 is 2.56 bits per heavy atom. The zero-order valence-electron chi connectivity index (χ0n) is 9.67. The van der Waals surface area contributed by atoms with Crippen LogP contribution >= 0.6 is 11.3 Å². The monoisotopic (exact) mass is 291 g/mol. The fourth-order valence-corrected chi connectivity index (χ4v) is 4.51. The molecule has 0 bridgehead atoms. The van der Waals surface area contributed by atoms with Gasteiger partial charge in [-0.2, -0.15) is 0 Å². The SMILES string of the molecule is CC1(NS(=O)(=O)c2cc([N+](=O)[O-])c(N)s2)CCC1. The van der Waals surface area contributed by atoms with Gasteiger partial charge in [0.25, 0.3) is 10.0 Å². The fraction of sp³-hybridized carbons (Fsp3) is 0.556. The molecule has 0 amide bonds. The van der Waals surface area contributed by atoms with Gasteiger partial charge in [0.15, 0.2) is 5.00 Å².